The average Bonchev–Trinajstić information content (AvgIpc) is 2.42. The van der Waals surface area contributed by atoms with Gasteiger partial charge in [0.15, 0.2) is 0 Å². The second-order valence-corrected chi connectivity index (χ2v) is 5.09. The number of phenolic OH excluding ortho intramolecular Hbond substituents is 1. The molecule has 0 saturated carbocycles. The highest BCUT2D eigenvalue weighted by Crippen LogP contribution is 2.41. The lowest BCUT2D eigenvalue weighted by molar-refractivity contribution is 0.476. The van der Waals surface area contributed by atoms with E-state index in [9.17, 15) is 5.11 Å². The van der Waals surface area contributed by atoms with Gasteiger partial charge >= 0.3 is 0 Å². The molecule has 2 rings (SSSR count). The molecule has 13 heavy (non-hydrogen) atoms. The SMILES string of the molecule is CSc1sc2cc(O)ccc2c1Cl. The minimum absolute atomic E-state index is 0.290. The van der Waals surface area contributed by atoms with Crippen molar-refractivity contribution in [1.29, 1.82) is 0 Å². The first-order chi connectivity index (χ1) is 6.22. The Bertz CT molecular complexity index is 450. The van der Waals surface area contributed by atoms with Crippen molar-refractivity contribution in [2.75, 3.05) is 6.26 Å². The highest BCUT2D eigenvalue weighted by molar-refractivity contribution is 8.00. The van der Waals surface area contributed by atoms with Gasteiger partial charge in [0.1, 0.15) is 5.75 Å². The largest absolute Gasteiger partial charge is 0.508 e. The van der Waals surface area contributed by atoms with E-state index >= 15 is 0 Å². The number of aromatic hydroxyl groups is 1. The molecule has 0 aliphatic carbocycles. The van der Waals surface area contributed by atoms with Gasteiger partial charge in [-0.25, -0.2) is 0 Å². The molecule has 1 nitrogen and oxygen atoms in total. The summed E-state index contributed by atoms with van der Waals surface area (Å²) in [6.07, 6.45) is 2.00. The Balaban J connectivity index is 2.76. The molecule has 1 aromatic carbocycles. The standard InChI is InChI=1S/C9H7ClOS2/c1-12-9-8(10)6-3-2-5(11)4-7(6)13-9/h2-4,11H,1H3. The van der Waals surface area contributed by atoms with Gasteiger partial charge in [0.25, 0.3) is 0 Å². The number of hydrogen-bond donors (Lipinski definition) is 1. The lowest BCUT2D eigenvalue weighted by atomic mass is 10.2. The Labute approximate surface area is 89.3 Å². The number of hydrogen-bond acceptors (Lipinski definition) is 3. The van der Waals surface area contributed by atoms with Crippen molar-refractivity contribution in [2.24, 2.45) is 0 Å². The summed E-state index contributed by atoms with van der Waals surface area (Å²) < 4.78 is 2.14. The molecule has 4 heteroatoms. The molecule has 0 atom stereocenters. The van der Waals surface area contributed by atoms with E-state index in [2.05, 4.69) is 0 Å². The fourth-order valence-electron chi connectivity index (χ4n) is 1.16. The predicted molar refractivity (Wildman–Crippen MR) is 60.3 cm³/mol. The molecule has 1 aromatic heterocycles. The first kappa shape index (κ1) is 9.19. The summed E-state index contributed by atoms with van der Waals surface area (Å²) in [6, 6.07) is 5.25. The lowest BCUT2D eigenvalue weighted by Crippen LogP contribution is -1.64. The molecule has 1 N–H and O–H groups in total. The van der Waals surface area contributed by atoms with Crippen molar-refractivity contribution < 1.29 is 5.11 Å². The highest BCUT2D eigenvalue weighted by Gasteiger charge is 2.09. The smallest absolute Gasteiger partial charge is 0.117 e. The van der Waals surface area contributed by atoms with Crippen molar-refractivity contribution in [1.82, 2.24) is 0 Å². The zero-order valence-corrected chi connectivity index (χ0v) is 9.26. The van der Waals surface area contributed by atoms with Crippen molar-refractivity contribution in [3.63, 3.8) is 0 Å². The Morgan fingerprint density at radius 1 is 1.46 bits per heavy atom. The normalized spacial score (nSPS) is 10.9. The van der Waals surface area contributed by atoms with E-state index in [-0.39, 0.29) is 5.75 Å². The summed E-state index contributed by atoms with van der Waals surface area (Å²) >= 11 is 9.36. The minimum atomic E-state index is 0.290. The third-order valence-corrected chi connectivity index (χ3v) is 4.66. The van der Waals surface area contributed by atoms with Gasteiger partial charge in [-0.05, 0) is 24.5 Å². The molecule has 0 spiro atoms. The minimum Gasteiger partial charge on any atom is -0.508 e. The number of rotatable bonds is 1. The lowest BCUT2D eigenvalue weighted by Gasteiger charge is -1.91. The summed E-state index contributed by atoms with van der Waals surface area (Å²) in [4.78, 5) is 0. The van der Waals surface area contributed by atoms with Crippen LogP contribution < -0.4 is 0 Å². The number of thioether (sulfide) groups is 1. The molecule has 0 unspecified atom stereocenters. The Kier molecular flexibility index (Phi) is 2.41. The van der Waals surface area contributed by atoms with Crippen LogP contribution in [0.3, 0.4) is 0 Å². The molecule has 0 saturated heterocycles. The summed E-state index contributed by atoms with van der Waals surface area (Å²) in [5.41, 5.74) is 0. The van der Waals surface area contributed by atoms with E-state index in [0.717, 1.165) is 19.3 Å². The second kappa shape index (κ2) is 3.40. The predicted octanol–water partition coefficient (Wildman–Crippen LogP) is 3.98. The molecule has 1 heterocycles. The Morgan fingerprint density at radius 2 is 2.23 bits per heavy atom. The van der Waals surface area contributed by atoms with Crippen LogP contribution in [0.2, 0.25) is 5.02 Å². The van der Waals surface area contributed by atoms with E-state index in [1.54, 1.807) is 35.2 Å². The highest BCUT2D eigenvalue weighted by atomic mass is 35.5. The number of thiophene rings is 1. The van der Waals surface area contributed by atoms with Crippen LogP contribution in [-0.2, 0) is 0 Å². The van der Waals surface area contributed by atoms with Gasteiger partial charge < -0.3 is 5.11 Å². The van der Waals surface area contributed by atoms with Crippen LogP contribution in [0.1, 0.15) is 0 Å². The molecule has 0 radical (unpaired) electrons. The summed E-state index contributed by atoms with van der Waals surface area (Å²) in [7, 11) is 0. The van der Waals surface area contributed by atoms with Crippen molar-refractivity contribution in [3.05, 3.63) is 23.2 Å². The second-order valence-electron chi connectivity index (χ2n) is 2.59. The molecule has 0 amide bonds. The molecule has 0 aliphatic heterocycles. The molecule has 0 aliphatic rings. The number of benzene rings is 1. The van der Waals surface area contributed by atoms with Crippen LogP contribution in [0, 0.1) is 0 Å². The Hall–Kier alpha value is -0.380. The molecule has 68 valence electrons. The fourth-order valence-corrected chi connectivity index (χ4v) is 3.48. The maximum atomic E-state index is 9.26. The van der Waals surface area contributed by atoms with Gasteiger partial charge in [0.2, 0.25) is 0 Å². The van der Waals surface area contributed by atoms with E-state index in [0.29, 0.717) is 0 Å². The van der Waals surface area contributed by atoms with Gasteiger partial charge in [-0.3, -0.25) is 0 Å². The van der Waals surface area contributed by atoms with Gasteiger partial charge in [0.05, 0.1) is 9.23 Å². The van der Waals surface area contributed by atoms with Crippen molar-refractivity contribution >= 4 is 44.8 Å². The molecular formula is C9H7ClOS2. The van der Waals surface area contributed by atoms with Crippen molar-refractivity contribution in [3.8, 4) is 5.75 Å². The van der Waals surface area contributed by atoms with Crippen LogP contribution in [-0.4, -0.2) is 11.4 Å². The Morgan fingerprint density at radius 3 is 2.92 bits per heavy atom. The van der Waals surface area contributed by atoms with E-state index in [1.807, 2.05) is 12.3 Å². The number of fused-ring (bicyclic) bond motifs is 1. The summed E-state index contributed by atoms with van der Waals surface area (Å²) in [6.45, 7) is 0. The average molecular weight is 231 g/mol. The topological polar surface area (TPSA) is 20.2 Å². The zero-order valence-electron chi connectivity index (χ0n) is 6.87. The van der Waals surface area contributed by atoms with Gasteiger partial charge in [-0.2, -0.15) is 0 Å². The maximum absolute atomic E-state index is 9.26. The summed E-state index contributed by atoms with van der Waals surface area (Å²) in [5, 5.41) is 11.1. The third kappa shape index (κ3) is 1.52. The molecule has 0 fully saturated rings. The number of halogens is 1. The quantitative estimate of drug-likeness (QED) is 0.748. The van der Waals surface area contributed by atoms with Gasteiger partial charge in [-0.1, -0.05) is 11.6 Å². The first-order valence-corrected chi connectivity index (χ1v) is 6.09. The summed E-state index contributed by atoms with van der Waals surface area (Å²) in [5.74, 6) is 0.290. The van der Waals surface area contributed by atoms with Crippen LogP contribution >= 0.6 is 34.7 Å². The van der Waals surface area contributed by atoms with Crippen LogP contribution in [0.25, 0.3) is 10.1 Å². The van der Waals surface area contributed by atoms with Crippen LogP contribution in [0.15, 0.2) is 22.4 Å². The maximum Gasteiger partial charge on any atom is 0.117 e. The monoisotopic (exact) mass is 230 g/mol. The van der Waals surface area contributed by atoms with Crippen LogP contribution in [0.4, 0.5) is 0 Å². The van der Waals surface area contributed by atoms with Gasteiger partial charge in [-0.15, -0.1) is 23.1 Å². The number of phenols is 1. The molecule has 2 aromatic rings. The van der Waals surface area contributed by atoms with E-state index < -0.39 is 0 Å². The van der Waals surface area contributed by atoms with E-state index in [1.165, 1.54) is 0 Å². The zero-order chi connectivity index (χ0) is 9.42. The molecule has 0 bridgehead atoms. The third-order valence-electron chi connectivity index (χ3n) is 1.77. The fraction of sp³-hybridized carbons (Fsp3) is 0.111. The molecular weight excluding hydrogens is 224 g/mol. The van der Waals surface area contributed by atoms with Crippen molar-refractivity contribution in [2.45, 2.75) is 4.21 Å². The van der Waals surface area contributed by atoms with Crippen LogP contribution in [0.5, 0.6) is 5.75 Å². The van der Waals surface area contributed by atoms with Gasteiger partial charge in [0, 0.05) is 10.1 Å². The first-order valence-electron chi connectivity index (χ1n) is 3.67. The van der Waals surface area contributed by atoms with E-state index in [4.69, 9.17) is 11.6 Å².